The molecule has 4 nitrogen and oxygen atoms in total. The second-order valence-corrected chi connectivity index (χ2v) is 5.25. The van der Waals surface area contributed by atoms with Crippen LogP contribution in [-0.2, 0) is 11.3 Å². The van der Waals surface area contributed by atoms with E-state index in [-0.39, 0.29) is 18.5 Å². The number of nitrogens with two attached hydrogens (primary N) is 1. The number of benzene rings is 1. The lowest BCUT2D eigenvalue weighted by Crippen LogP contribution is -2.45. The summed E-state index contributed by atoms with van der Waals surface area (Å²) in [6.07, 6.45) is 0.775. The van der Waals surface area contributed by atoms with Crippen molar-refractivity contribution >= 4 is 18.5 Å². The van der Waals surface area contributed by atoms with Gasteiger partial charge in [0.15, 0.2) is 0 Å². The summed E-state index contributed by atoms with van der Waals surface area (Å²) in [5, 5.41) is 0. The minimum absolute atomic E-state index is 0. The van der Waals surface area contributed by atoms with Gasteiger partial charge in [0.2, 0.25) is 0 Å². The van der Waals surface area contributed by atoms with Crippen molar-refractivity contribution in [3.63, 3.8) is 0 Å². The minimum atomic E-state index is -0.228. The van der Waals surface area contributed by atoms with Crippen molar-refractivity contribution in [3.05, 3.63) is 35.9 Å². The van der Waals surface area contributed by atoms with E-state index in [0.29, 0.717) is 31.5 Å². The lowest BCUT2D eigenvalue weighted by molar-refractivity contribution is 0.0686. The van der Waals surface area contributed by atoms with Crippen LogP contribution in [0.2, 0.25) is 0 Å². The first kappa shape index (κ1) is 16.8. The van der Waals surface area contributed by atoms with Crippen LogP contribution in [0.5, 0.6) is 0 Å². The Labute approximate surface area is 126 Å². The molecule has 1 amide bonds. The van der Waals surface area contributed by atoms with E-state index in [1.807, 2.05) is 30.3 Å². The molecule has 1 aliphatic heterocycles. The van der Waals surface area contributed by atoms with Crippen LogP contribution < -0.4 is 5.73 Å². The van der Waals surface area contributed by atoms with Crippen LogP contribution in [0.3, 0.4) is 0 Å². The highest BCUT2D eigenvalue weighted by atomic mass is 35.5. The first-order valence-corrected chi connectivity index (χ1v) is 6.86. The second kappa shape index (κ2) is 8.12. The van der Waals surface area contributed by atoms with E-state index in [0.717, 1.165) is 18.5 Å². The Bertz CT molecular complexity index is 414. The van der Waals surface area contributed by atoms with E-state index in [2.05, 4.69) is 6.92 Å². The van der Waals surface area contributed by atoms with Crippen molar-refractivity contribution in [2.24, 2.45) is 17.6 Å². The number of likely N-dealkylation sites (tertiary alicyclic amines) is 1. The van der Waals surface area contributed by atoms with E-state index in [1.54, 1.807) is 4.90 Å². The molecule has 0 aromatic heterocycles. The van der Waals surface area contributed by atoms with Crippen LogP contribution in [0.4, 0.5) is 4.79 Å². The predicted molar refractivity (Wildman–Crippen MR) is 81.8 cm³/mol. The minimum Gasteiger partial charge on any atom is -0.445 e. The summed E-state index contributed by atoms with van der Waals surface area (Å²) in [6, 6.07) is 9.73. The van der Waals surface area contributed by atoms with Crippen LogP contribution in [0.25, 0.3) is 0 Å². The second-order valence-electron chi connectivity index (χ2n) is 5.25. The van der Waals surface area contributed by atoms with Crippen molar-refractivity contribution in [1.29, 1.82) is 0 Å². The van der Waals surface area contributed by atoms with Gasteiger partial charge in [0, 0.05) is 13.1 Å². The van der Waals surface area contributed by atoms with Gasteiger partial charge in [0.1, 0.15) is 6.61 Å². The molecule has 1 fully saturated rings. The number of piperidine rings is 1. The third-order valence-electron chi connectivity index (χ3n) is 3.88. The van der Waals surface area contributed by atoms with Gasteiger partial charge in [-0.2, -0.15) is 0 Å². The highest BCUT2D eigenvalue weighted by Crippen LogP contribution is 2.22. The van der Waals surface area contributed by atoms with Gasteiger partial charge in [-0.1, -0.05) is 37.3 Å². The molecule has 0 spiro atoms. The molecule has 2 rings (SSSR count). The van der Waals surface area contributed by atoms with Crippen LogP contribution in [-0.4, -0.2) is 30.6 Å². The number of hydrogen-bond acceptors (Lipinski definition) is 3. The Kier molecular flexibility index (Phi) is 6.82. The van der Waals surface area contributed by atoms with E-state index in [9.17, 15) is 4.79 Å². The summed E-state index contributed by atoms with van der Waals surface area (Å²) >= 11 is 0. The molecule has 112 valence electrons. The number of nitrogens with zero attached hydrogens (tertiary/aromatic N) is 1. The number of hydrogen-bond donors (Lipinski definition) is 1. The molecule has 1 heterocycles. The molecule has 2 atom stereocenters. The molecule has 1 aromatic carbocycles. The van der Waals surface area contributed by atoms with Gasteiger partial charge in [-0.05, 0) is 30.4 Å². The normalized spacial score (nSPS) is 22.0. The zero-order valence-corrected chi connectivity index (χ0v) is 12.6. The summed E-state index contributed by atoms with van der Waals surface area (Å²) in [7, 11) is 0. The summed E-state index contributed by atoms with van der Waals surface area (Å²) in [4.78, 5) is 13.8. The summed E-state index contributed by atoms with van der Waals surface area (Å²) in [5.41, 5.74) is 6.75. The Morgan fingerprint density at radius 2 is 2.10 bits per heavy atom. The van der Waals surface area contributed by atoms with Crippen LogP contribution >= 0.6 is 12.4 Å². The Balaban J connectivity index is 0.00000200. The number of ether oxygens (including phenoxy) is 1. The van der Waals surface area contributed by atoms with Gasteiger partial charge in [0.05, 0.1) is 0 Å². The van der Waals surface area contributed by atoms with Gasteiger partial charge in [0.25, 0.3) is 0 Å². The molecule has 0 bridgehead atoms. The molecule has 1 aliphatic rings. The largest absolute Gasteiger partial charge is 0.445 e. The summed E-state index contributed by atoms with van der Waals surface area (Å²) in [6.45, 7) is 4.64. The standard InChI is InChI=1S/C15H22N2O2.ClH/c1-12-7-8-17(10-14(12)9-16)15(18)19-11-13-5-3-2-4-6-13;/h2-6,12,14H,7-11,16H2,1H3;1H. The van der Waals surface area contributed by atoms with Crippen LogP contribution in [0.15, 0.2) is 30.3 Å². The predicted octanol–water partition coefficient (Wildman–Crippen LogP) is 2.66. The topological polar surface area (TPSA) is 55.6 Å². The highest BCUT2D eigenvalue weighted by Gasteiger charge is 2.28. The van der Waals surface area contributed by atoms with Gasteiger partial charge >= 0.3 is 6.09 Å². The van der Waals surface area contributed by atoms with Crippen molar-refractivity contribution in [2.75, 3.05) is 19.6 Å². The number of rotatable bonds is 3. The number of halogens is 1. The molecule has 0 saturated carbocycles. The molecule has 0 radical (unpaired) electrons. The average Bonchev–Trinajstić information content (AvgIpc) is 2.46. The van der Waals surface area contributed by atoms with Crippen molar-refractivity contribution < 1.29 is 9.53 Å². The van der Waals surface area contributed by atoms with Crippen molar-refractivity contribution in [3.8, 4) is 0 Å². The Morgan fingerprint density at radius 3 is 2.75 bits per heavy atom. The maximum absolute atomic E-state index is 12.0. The maximum atomic E-state index is 12.0. The van der Waals surface area contributed by atoms with E-state index < -0.39 is 0 Å². The van der Waals surface area contributed by atoms with Crippen LogP contribution in [0, 0.1) is 11.8 Å². The van der Waals surface area contributed by atoms with Gasteiger partial charge in [-0.3, -0.25) is 0 Å². The van der Waals surface area contributed by atoms with E-state index in [1.165, 1.54) is 0 Å². The molecule has 1 saturated heterocycles. The molecule has 1 aromatic rings. The zero-order valence-electron chi connectivity index (χ0n) is 11.8. The number of carbonyl (C=O) groups is 1. The Morgan fingerprint density at radius 1 is 1.40 bits per heavy atom. The quantitative estimate of drug-likeness (QED) is 0.933. The van der Waals surface area contributed by atoms with Gasteiger partial charge in [-0.15, -0.1) is 12.4 Å². The molecule has 2 unspecified atom stereocenters. The summed E-state index contributed by atoms with van der Waals surface area (Å²) in [5.74, 6) is 0.973. The third-order valence-corrected chi connectivity index (χ3v) is 3.88. The third kappa shape index (κ3) is 4.39. The lowest BCUT2D eigenvalue weighted by atomic mass is 9.87. The molecule has 2 N–H and O–H groups in total. The lowest BCUT2D eigenvalue weighted by Gasteiger charge is -2.35. The fourth-order valence-corrected chi connectivity index (χ4v) is 2.43. The first-order chi connectivity index (χ1) is 9.20. The molecule has 0 aliphatic carbocycles. The molecular weight excluding hydrogens is 276 g/mol. The van der Waals surface area contributed by atoms with E-state index in [4.69, 9.17) is 10.5 Å². The van der Waals surface area contributed by atoms with Gasteiger partial charge < -0.3 is 15.4 Å². The monoisotopic (exact) mass is 298 g/mol. The molecule has 5 heteroatoms. The smallest absolute Gasteiger partial charge is 0.410 e. The Hall–Kier alpha value is -1.26. The maximum Gasteiger partial charge on any atom is 0.410 e. The van der Waals surface area contributed by atoms with E-state index >= 15 is 0 Å². The van der Waals surface area contributed by atoms with Crippen molar-refractivity contribution in [2.45, 2.75) is 20.0 Å². The molecule has 20 heavy (non-hydrogen) atoms. The number of carbonyl (C=O) groups excluding carboxylic acids is 1. The number of amides is 1. The highest BCUT2D eigenvalue weighted by molar-refractivity contribution is 5.85. The van der Waals surface area contributed by atoms with Crippen molar-refractivity contribution in [1.82, 2.24) is 4.90 Å². The van der Waals surface area contributed by atoms with Crippen LogP contribution in [0.1, 0.15) is 18.9 Å². The fourth-order valence-electron chi connectivity index (χ4n) is 2.43. The average molecular weight is 299 g/mol. The molecular formula is C15H23ClN2O2. The summed E-state index contributed by atoms with van der Waals surface area (Å²) < 4.78 is 5.34. The first-order valence-electron chi connectivity index (χ1n) is 6.86. The SMILES string of the molecule is CC1CCN(C(=O)OCc2ccccc2)CC1CN.Cl. The fraction of sp³-hybridized carbons (Fsp3) is 0.533. The van der Waals surface area contributed by atoms with Gasteiger partial charge in [-0.25, -0.2) is 4.79 Å². The zero-order chi connectivity index (χ0) is 13.7.